The van der Waals surface area contributed by atoms with Crippen LogP contribution in [0.3, 0.4) is 0 Å². The van der Waals surface area contributed by atoms with E-state index in [1.54, 1.807) is 12.2 Å². The van der Waals surface area contributed by atoms with E-state index in [2.05, 4.69) is 0 Å². The zero-order chi connectivity index (χ0) is 21.7. The lowest BCUT2D eigenvalue weighted by molar-refractivity contribution is -0.137. The van der Waals surface area contributed by atoms with Crippen molar-refractivity contribution in [1.82, 2.24) is 0 Å². The molecule has 4 nitrogen and oxygen atoms in total. The number of hydrogen-bond acceptors (Lipinski definition) is 4. The number of fused-ring (bicyclic) bond motifs is 1. The number of thiophene rings is 1. The molecule has 0 radical (unpaired) electrons. The predicted octanol–water partition coefficient (Wildman–Crippen LogP) is 5.32. The maximum Gasteiger partial charge on any atom is 0.303 e. The van der Waals surface area contributed by atoms with Gasteiger partial charge in [-0.05, 0) is 36.8 Å². The van der Waals surface area contributed by atoms with Gasteiger partial charge in [0.2, 0.25) is 0 Å². The van der Waals surface area contributed by atoms with Crippen molar-refractivity contribution in [3.05, 3.63) is 59.5 Å². The first-order chi connectivity index (χ1) is 14.3. The van der Waals surface area contributed by atoms with E-state index in [1.807, 2.05) is 30.3 Å². The van der Waals surface area contributed by atoms with Crippen molar-refractivity contribution in [1.29, 1.82) is 0 Å². The number of aliphatic hydroxyl groups excluding tert-OH is 2. The van der Waals surface area contributed by atoms with Gasteiger partial charge in [0.15, 0.2) is 0 Å². The van der Waals surface area contributed by atoms with Crippen LogP contribution in [0.25, 0.3) is 10.1 Å². The molecule has 0 bridgehead atoms. The van der Waals surface area contributed by atoms with Crippen molar-refractivity contribution in [3.63, 3.8) is 0 Å². The Morgan fingerprint density at radius 1 is 1.30 bits per heavy atom. The molecule has 0 saturated heterocycles. The number of halogens is 2. The van der Waals surface area contributed by atoms with Gasteiger partial charge in [0, 0.05) is 34.3 Å². The van der Waals surface area contributed by atoms with Crippen LogP contribution in [0.2, 0.25) is 0 Å². The average molecular weight is 437 g/mol. The zero-order valence-electron chi connectivity index (χ0n) is 16.5. The lowest BCUT2D eigenvalue weighted by Crippen LogP contribution is -2.24. The van der Waals surface area contributed by atoms with Gasteiger partial charge in [-0.15, -0.1) is 11.3 Å². The highest BCUT2D eigenvalue weighted by Gasteiger charge is 2.53. The Labute approximate surface area is 178 Å². The van der Waals surface area contributed by atoms with Crippen LogP contribution in [0.5, 0.6) is 0 Å². The number of carbonyl (C=O) groups is 1. The maximum absolute atomic E-state index is 14.5. The van der Waals surface area contributed by atoms with Gasteiger partial charge in [-0.2, -0.15) is 0 Å². The van der Waals surface area contributed by atoms with Gasteiger partial charge >= 0.3 is 5.97 Å². The zero-order valence-corrected chi connectivity index (χ0v) is 17.3. The summed E-state index contributed by atoms with van der Waals surface area (Å²) in [6.45, 7) is 0. The van der Waals surface area contributed by atoms with Crippen molar-refractivity contribution in [2.75, 3.05) is 0 Å². The molecule has 1 heterocycles. The van der Waals surface area contributed by atoms with Crippen molar-refractivity contribution < 1.29 is 28.9 Å². The Balaban J connectivity index is 1.65. The molecule has 1 aromatic heterocycles. The number of allylic oxidation sites excluding steroid dienone is 3. The molecular weight excluding hydrogens is 410 g/mol. The number of carboxylic acids is 1. The number of carboxylic acid groups (broad SMARTS) is 1. The van der Waals surface area contributed by atoms with Gasteiger partial charge < -0.3 is 15.3 Å². The summed E-state index contributed by atoms with van der Waals surface area (Å²) < 4.78 is 30.0. The molecule has 0 unspecified atom stereocenters. The molecule has 2 aromatic rings. The van der Waals surface area contributed by atoms with Crippen LogP contribution >= 0.6 is 11.3 Å². The predicted molar refractivity (Wildman–Crippen MR) is 114 cm³/mol. The number of rotatable bonds is 9. The first kappa shape index (κ1) is 22.6. The Morgan fingerprint density at radius 3 is 2.80 bits per heavy atom. The molecule has 0 amide bonds. The molecule has 30 heavy (non-hydrogen) atoms. The second-order valence-corrected chi connectivity index (χ2v) is 8.85. The molecule has 1 aliphatic carbocycles. The van der Waals surface area contributed by atoms with Crippen LogP contribution < -0.4 is 0 Å². The first-order valence-electron chi connectivity index (χ1n) is 10.1. The molecule has 1 aromatic carbocycles. The van der Waals surface area contributed by atoms with Gasteiger partial charge in [0.1, 0.15) is 6.10 Å². The molecule has 4 atom stereocenters. The Kier molecular flexibility index (Phi) is 7.39. The van der Waals surface area contributed by atoms with Gasteiger partial charge in [0.25, 0.3) is 5.92 Å². The van der Waals surface area contributed by atoms with Crippen LogP contribution in [0.15, 0.2) is 54.6 Å². The number of aliphatic hydroxyl groups is 2. The Morgan fingerprint density at radius 2 is 2.07 bits per heavy atom. The largest absolute Gasteiger partial charge is 0.481 e. The number of hydrogen-bond donors (Lipinski definition) is 3. The van der Waals surface area contributed by atoms with E-state index in [9.17, 15) is 23.8 Å². The summed E-state index contributed by atoms with van der Waals surface area (Å²) in [6.07, 6.45) is 4.92. The van der Waals surface area contributed by atoms with E-state index in [4.69, 9.17) is 5.11 Å². The summed E-state index contributed by atoms with van der Waals surface area (Å²) in [5.74, 6) is -5.73. The standard InChI is InChI=1S/C23H26F2O4S/c24-23(25)14-19(27)16(8-3-1-2-4-10-22(28)29)17(23)11-12-18(26)21-13-15-7-5-6-9-20(15)30-21/h1,3,5-7,9,11-13,16-19,26-27H,2,4,8,10,14H2,(H,28,29)/t16-,17-,18-,19+/m1/s1. The van der Waals surface area contributed by atoms with E-state index in [-0.39, 0.29) is 12.8 Å². The topological polar surface area (TPSA) is 77.8 Å². The van der Waals surface area contributed by atoms with Gasteiger partial charge in [-0.1, -0.05) is 42.5 Å². The third-order valence-corrected chi connectivity index (χ3v) is 6.68. The lowest BCUT2D eigenvalue weighted by atomic mass is 9.89. The van der Waals surface area contributed by atoms with E-state index in [0.717, 1.165) is 10.1 Å². The number of alkyl halides is 2. The van der Waals surface area contributed by atoms with Crippen molar-refractivity contribution in [2.24, 2.45) is 11.8 Å². The van der Waals surface area contributed by atoms with Gasteiger partial charge in [-0.25, -0.2) is 8.78 Å². The monoisotopic (exact) mass is 436 g/mol. The number of unbranched alkanes of at least 4 members (excludes halogenated alkanes) is 1. The van der Waals surface area contributed by atoms with Crippen molar-refractivity contribution >= 4 is 27.4 Å². The summed E-state index contributed by atoms with van der Waals surface area (Å²) in [7, 11) is 0. The number of benzene rings is 1. The molecule has 3 N–H and O–H groups in total. The molecule has 1 saturated carbocycles. The maximum atomic E-state index is 14.5. The van der Waals surface area contributed by atoms with Crippen molar-refractivity contribution in [3.8, 4) is 0 Å². The van der Waals surface area contributed by atoms with Crippen LogP contribution in [0.1, 0.15) is 43.1 Å². The third-order valence-electron chi connectivity index (χ3n) is 5.50. The second-order valence-electron chi connectivity index (χ2n) is 7.73. The number of aliphatic carboxylic acids is 1. The fourth-order valence-electron chi connectivity index (χ4n) is 3.92. The van der Waals surface area contributed by atoms with E-state index < -0.39 is 42.4 Å². The van der Waals surface area contributed by atoms with Crippen molar-refractivity contribution in [2.45, 2.75) is 50.2 Å². The third kappa shape index (κ3) is 5.53. The highest BCUT2D eigenvalue weighted by molar-refractivity contribution is 7.19. The Hall–Kier alpha value is -2.09. The summed E-state index contributed by atoms with van der Waals surface area (Å²) >= 11 is 1.42. The molecule has 7 heteroatoms. The minimum atomic E-state index is -3.04. The molecule has 0 aliphatic heterocycles. The fraction of sp³-hybridized carbons (Fsp3) is 0.435. The minimum absolute atomic E-state index is 0.0649. The highest BCUT2D eigenvalue weighted by Crippen LogP contribution is 2.47. The second kappa shape index (κ2) is 9.81. The van der Waals surface area contributed by atoms with Crippen LogP contribution in [-0.4, -0.2) is 33.3 Å². The van der Waals surface area contributed by atoms with Crippen LogP contribution in [-0.2, 0) is 4.79 Å². The molecule has 162 valence electrons. The quantitative estimate of drug-likeness (QED) is 0.367. The smallest absolute Gasteiger partial charge is 0.303 e. The van der Waals surface area contributed by atoms with E-state index in [1.165, 1.54) is 23.5 Å². The Bertz CT molecular complexity index is 888. The first-order valence-corrected chi connectivity index (χ1v) is 10.9. The van der Waals surface area contributed by atoms with Gasteiger partial charge in [0.05, 0.1) is 6.10 Å². The minimum Gasteiger partial charge on any atom is -0.481 e. The molecular formula is C23H26F2O4S. The molecule has 1 aliphatic rings. The van der Waals surface area contributed by atoms with E-state index >= 15 is 0 Å². The summed E-state index contributed by atoms with van der Waals surface area (Å²) in [4.78, 5) is 11.2. The highest BCUT2D eigenvalue weighted by atomic mass is 32.1. The molecule has 0 spiro atoms. The normalized spacial score (nSPS) is 24.9. The van der Waals surface area contributed by atoms with Crippen LogP contribution in [0, 0.1) is 11.8 Å². The SMILES string of the molecule is O=C(O)CCCC=CC[C@@H]1[C@@H](C=C[C@@H](O)c2cc3ccccc3s2)C(F)(F)C[C@@H]1O. The summed E-state index contributed by atoms with van der Waals surface area (Å²) in [6, 6.07) is 9.55. The van der Waals surface area contributed by atoms with Crippen LogP contribution in [0.4, 0.5) is 8.78 Å². The van der Waals surface area contributed by atoms with Gasteiger partial charge in [-0.3, -0.25) is 4.79 Å². The molecule has 1 fully saturated rings. The molecule has 3 rings (SSSR count). The fourth-order valence-corrected chi connectivity index (χ4v) is 4.95. The summed E-state index contributed by atoms with van der Waals surface area (Å²) in [5.41, 5.74) is 0. The average Bonchev–Trinajstić information content (AvgIpc) is 3.20. The van der Waals surface area contributed by atoms with E-state index in [0.29, 0.717) is 17.7 Å². The lowest BCUT2D eigenvalue weighted by Gasteiger charge is -2.21. The summed E-state index contributed by atoms with van der Waals surface area (Å²) in [5, 5.41) is 30.3.